The standard InChI is InChI=1S/C25H32N6O2.HI/c1-3-26-25(28-15-13-23-30-24(33-31-23)21-10-6-7-14-27-21)29-17-19-12-11-18(2)16-22(19)32-20-8-4-5-9-20;/h6-7,10-12,14,16,20H,3-5,8-9,13,15,17H2,1-2H3,(H2,26,28,29);1H. The summed E-state index contributed by atoms with van der Waals surface area (Å²) in [7, 11) is 0. The topological polar surface area (TPSA) is 97.5 Å². The van der Waals surface area contributed by atoms with Gasteiger partial charge in [0.2, 0.25) is 0 Å². The Bertz CT molecular complexity index is 1050. The lowest BCUT2D eigenvalue weighted by molar-refractivity contribution is 0.208. The highest BCUT2D eigenvalue weighted by Crippen LogP contribution is 2.28. The van der Waals surface area contributed by atoms with Crippen molar-refractivity contribution in [3.63, 3.8) is 0 Å². The number of aryl methyl sites for hydroxylation is 1. The molecule has 0 spiro atoms. The quantitative estimate of drug-likeness (QED) is 0.217. The minimum Gasteiger partial charge on any atom is -0.490 e. The monoisotopic (exact) mass is 576 g/mol. The van der Waals surface area contributed by atoms with Crippen molar-refractivity contribution in [1.29, 1.82) is 0 Å². The molecule has 1 fully saturated rings. The molecule has 0 atom stereocenters. The predicted molar refractivity (Wildman–Crippen MR) is 144 cm³/mol. The summed E-state index contributed by atoms with van der Waals surface area (Å²) < 4.78 is 11.6. The highest BCUT2D eigenvalue weighted by Gasteiger charge is 2.18. The van der Waals surface area contributed by atoms with E-state index in [4.69, 9.17) is 14.3 Å². The zero-order valence-corrected chi connectivity index (χ0v) is 22.1. The van der Waals surface area contributed by atoms with Gasteiger partial charge in [-0.15, -0.1) is 24.0 Å². The highest BCUT2D eigenvalue weighted by atomic mass is 127. The van der Waals surface area contributed by atoms with Crippen molar-refractivity contribution >= 4 is 29.9 Å². The largest absolute Gasteiger partial charge is 0.490 e. The SMILES string of the molecule is CCNC(=NCc1ccc(C)cc1OC1CCCC1)NCCc1noc(-c2ccccn2)n1.I. The average Bonchev–Trinajstić information content (AvgIpc) is 3.51. The number of aromatic nitrogens is 3. The molecule has 1 aromatic carbocycles. The molecule has 0 radical (unpaired) electrons. The van der Waals surface area contributed by atoms with Gasteiger partial charge >= 0.3 is 0 Å². The van der Waals surface area contributed by atoms with E-state index in [1.54, 1.807) is 6.20 Å². The predicted octanol–water partition coefficient (Wildman–Crippen LogP) is 4.68. The maximum absolute atomic E-state index is 6.32. The first kappa shape index (κ1) is 25.9. The van der Waals surface area contributed by atoms with Gasteiger partial charge in [-0.25, -0.2) is 4.99 Å². The Kier molecular flexibility index (Phi) is 10.1. The molecule has 182 valence electrons. The highest BCUT2D eigenvalue weighted by molar-refractivity contribution is 14.0. The van der Waals surface area contributed by atoms with Crippen LogP contribution in [-0.2, 0) is 13.0 Å². The van der Waals surface area contributed by atoms with Gasteiger partial charge in [-0.05, 0) is 63.3 Å². The molecule has 0 unspecified atom stereocenters. The van der Waals surface area contributed by atoms with E-state index in [9.17, 15) is 0 Å². The third-order valence-corrected chi connectivity index (χ3v) is 5.56. The maximum atomic E-state index is 6.32. The summed E-state index contributed by atoms with van der Waals surface area (Å²) in [5.41, 5.74) is 2.97. The van der Waals surface area contributed by atoms with E-state index in [1.165, 1.54) is 18.4 Å². The normalized spacial score (nSPS) is 14.0. The molecule has 1 saturated carbocycles. The lowest BCUT2D eigenvalue weighted by atomic mass is 10.1. The van der Waals surface area contributed by atoms with Crippen LogP contribution in [0.25, 0.3) is 11.6 Å². The van der Waals surface area contributed by atoms with Crippen molar-refractivity contribution in [1.82, 2.24) is 25.8 Å². The first-order chi connectivity index (χ1) is 16.2. The van der Waals surface area contributed by atoms with Crippen LogP contribution >= 0.6 is 24.0 Å². The van der Waals surface area contributed by atoms with Crippen molar-refractivity contribution in [2.45, 2.75) is 58.6 Å². The van der Waals surface area contributed by atoms with Crippen LogP contribution in [0.4, 0.5) is 0 Å². The number of aliphatic imine (C=N–C) groups is 1. The molecule has 0 amide bonds. The maximum Gasteiger partial charge on any atom is 0.276 e. The Labute approximate surface area is 218 Å². The number of guanidine groups is 1. The number of ether oxygens (including phenoxy) is 1. The van der Waals surface area contributed by atoms with Gasteiger partial charge in [-0.2, -0.15) is 4.98 Å². The molecular weight excluding hydrogens is 543 g/mol. The number of rotatable bonds is 9. The summed E-state index contributed by atoms with van der Waals surface area (Å²) in [4.78, 5) is 13.4. The molecule has 9 heteroatoms. The molecule has 2 aromatic heterocycles. The fourth-order valence-corrected chi connectivity index (χ4v) is 3.84. The molecule has 34 heavy (non-hydrogen) atoms. The Morgan fingerprint density at radius 1 is 1.18 bits per heavy atom. The van der Waals surface area contributed by atoms with Gasteiger partial charge in [0.1, 0.15) is 11.4 Å². The third kappa shape index (κ3) is 7.41. The average molecular weight is 576 g/mol. The van der Waals surface area contributed by atoms with E-state index in [2.05, 4.69) is 57.8 Å². The van der Waals surface area contributed by atoms with E-state index >= 15 is 0 Å². The fraction of sp³-hybridized carbons (Fsp3) is 0.440. The minimum absolute atomic E-state index is 0. The molecule has 8 nitrogen and oxygen atoms in total. The summed E-state index contributed by atoms with van der Waals surface area (Å²) in [6.45, 7) is 6.10. The van der Waals surface area contributed by atoms with Crippen LogP contribution in [-0.4, -0.2) is 40.3 Å². The zero-order valence-electron chi connectivity index (χ0n) is 19.8. The fourth-order valence-electron chi connectivity index (χ4n) is 3.84. The molecule has 1 aliphatic rings. The van der Waals surface area contributed by atoms with E-state index in [-0.39, 0.29) is 24.0 Å². The van der Waals surface area contributed by atoms with Crippen molar-refractivity contribution in [2.75, 3.05) is 13.1 Å². The first-order valence-electron chi connectivity index (χ1n) is 11.7. The summed E-state index contributed by atoms with van der Waals surface area (Å²) >= 11 is 0. The van der Waals surface area contributed by atoms with Crippen LogP contribution in [0.3, 0.4) is 0 Å². The number of nitrogens with one attached hydrogen (secondary N) is 2. The van der Waals surface area contributed by atoms with Gasteiger partial charge in [0.25, 0.3) is 5.89 Å². The Balaban J connectivity index is 0.00000324. The van der Waals surface area contributed by atoms with Crippen LogP contribution in [0.5, 0.6) is 5.75 Å². The summed E-state index contributed by atoms with van der Waals surface area (Å²) in [6, 6.07) is 11.9. The molecular formula is C25H33IN6O2. The van der Waals surface area contributed by atoms with E-state index in [0.29, 0.717) is 43.0 Å². The van der Waals surface area contributed by atoms with Crippen molar-refractivity contribution in [3.05, 3.63) is 59.5 Å². The van der Waals surface area contributed by atoms with Gasteiger partial charge in [0.15, 0.2) is 11.8 Å². The van der Waals surface area contributed by atoms with E-state index < -0.39 is 0 Å². The number of pyridine rings is 1. The Morgan fingerprint density at radius 3 is 2.79 bits per heavy atom. The van der Waals surface area contributed by atoms with Crippen LogP contribution in [0.2, 0.25) is 0 Å². The van der Waals surface area contributed by atoms with Gasteiger partial charge in [0.05, 0.1) is 12.6 Å². The lowest BCUT2D eigenvalue weighted by Crippen LogP contribution is -2.38. The smallest absolute Gasteiger partial charge is 0.276 e. The Morgan fingerprint density at radius 2 is 2.03 bits per heavy atom. The molecule has 3 aromatic rings. The van der Waals surface area contributed by atoms with E-state index in [0.717, 1.165) is 36.7 Å². The second-order valence-corrected chi connectivity index (χ2v) is 8.24. The molecule has 4 rings (SSSR count). The minimum atomic E-state index is 0. The molecule has 0 bridgehead atoms. The van der Waals surface area contributed by atoms with Crippen LogP contribution in [0.15, 0.2) is 52.1 Å². The second kappa shape index (κ2) is 13.3. The number of benzene rings is 1. The molecule has 1 aliphatic carbocycles. The Hall–Kier alpha value is -2.69. The molecule has 2 heterocycles. The van der Waals surface area contributed by atoms with E-state index in [1.807, 2.05) is 18.2 Å². The first-order valence-corrected chi connectivity index (χ1v) is 11.7. The van der Waals surface area contributed by atoms with Crippen LogP contribution in [0, 0.1) is 6.92 Å². The van der Waals surface area contributed by atoms with Gasteiger partial charge in [-0.1, -0.05) is 23.4 Å². The van der Waals surface area contributed by atoms with Gasteiger partial charge in [-0.3, -0.25) is 4.98 Å². The number of hydrogen-bond donors (Lipinski definition) is 2. The molecule has 0 saturated heterocycles. The summed E-state index contributed by atoms with van der Waals surface area (Å²) in [5, 5.41) is 10.7. The number of hydrogen-bond acceptors (Lipinski definition) is 6. The molecule has 2 N–H and O–H groups in total. The van der Waals surface area contributed by atoms with Crippen LogP contribution < -0.4 is 15.4 Å². The summed E-state index contributed by atoms with van der Waals surface area (Å²) in [5.74, 6) is 2.76. The lowest BCUT2D eigenvalue weighted by Gasteiger charge is -2.17. The van der Waals surface area contributed by atoms with Crippen molar-refractivity contribution < 1.29 is 9.26 Å². The van der Waals surface area contributed by atoms with Gasteiger partial charge in [0, 0.05) is 31.3 Å². The van der Waals surface area contributed by atoms with Gasteiger partial charge < -0.3 is 19.9 Å². The molecule has 0 aliphatic heterocycles. The zero-order chi connectivity index (χ0) is 22.9. The van der Waals surface area contributed by atoms with Crippen molar-refractivity contribution in [3.8, 4) is 17.3 Å². The van der Waals surface area contributed by atoms with Crippen LogP contribution in [0.1, 0.15) is 49.6 Å². The van der Waals surface area contributed by atoms with Crippen molar-refractivity contribution in [2.24, 2.45) is 4.99 Å². The number of halogens is 1. The summed E-state index contributed by atoms with van der Waals surface area (Å²) in [6.07, 6.45) is 7.42. The number of nitrogens with zero attached hydrogens (tertiary/aromatic N) is 4. The third-order valence-electron chi connectivity index (χ3n) is 5.56. The second-order valence-electron chi connectivity index (χ2n) is 8.24.